The van der Waals surface area contributed by atoms with Gasteiger partial charge in [0, 0.05) is 31.4 Å². The fraction of sp³-hybridized carbons (Fsp3) is 0.500. The molecule has 0 spiro atoms. The summed E-state index contributed by atoms with van der Waals surface area (Å²) in [5.74, 6) is 0.251. The van der Waals surface area contributed by atoms with Crippen molar-refractivity contribution in [2.24, 2.45) is 0 Å². The van der Waals surface area contributed by atoms with Crippen molar-refractivity contribution < 1.29 is 4.79 Å². The Hall–Kier alpha value is -1.38. The highest BCUT2D eigenvalue weighted by Gasteiger charge is 2.31. The molecule has 0 radical (unpaired) electrons. The highest BCUT2D eigenvalue weighted by Crippen LogP contribution is 2.28. The molecule has 1 aliphatic rings. The molecular formula is C12H16N2O. The van der Waals surface area contributed by atoms with Crippen LogP contribution in [0, 0.1) is 0 Å². The van der Waals surface area contributed by atoms with E-state index in [1.165, 1.54) is 0 Å². The van der Waals surface area contributed by atoms with Gasteiger partial charge in [0.05, 0.1) is 0 Å². The van der Waals surface area contributed by atoms with E-state index in [-0.39, 0.29) is 5.91 Å². The minimum atomic E-state index is 0.251. The Morgan fingerprint density at radius 1 is 1.60 bits per heavy atom. The minimum Gasteiger partial charge on any atom is -0.335 e. The molecule has 1 aromatic heterocycles. The SMILES string of the molecule is CCC(=O)N(Cc1cccnc1)C1CC1. The molecule has 1 heterocycles. The van der Waals surface area contributed by atoms with Gasteiger partial charge >= 0.3 is 0 Å². The van der Waals surface area contributed by atoms with E-state index >= 15 is 0 Å². The van der Waals surface area contributed by atoms with Gasteiger partial charge in [-0.1, -0.05) is 13.0 Å². The molecular weight excluding hydrogens is 188 g/mol. The van der Waals surface area contributed by atoms with E-state index < -0.39 is 0 Å². The Morgan fingerprint density at radius 2 is 2.40 bits per heavy atom. The van der Waals surface area contributed by atoms with E-state index in [9.17, 15) is 4.79 Å². The molecule has 15 heavy (non-hydrogen) atoms. The zero-order valence-corrected chi connectivity index (χ0v) is 9.02. The molecule has 3 heteroatoms. The lowest BCUT2D eigenvalue weighted by atomic mass is 10.2. The first-order chi connectivity index (χ1) is 7.31. The van der Waals surface area contributed by atoms with Crippen LogP contribution in [0.5, 0.6) is 0 Å². The second-order valence-corrected chi connectivity index (χ2v) is 3.97. The summed E-state index contributed by atoms with van der Waals surface area (Å²) in [4.78, 5) is 17.8. The third-order valence-corrected chi connectivity index (χ3v) is 2.69. The Labute approximate surface area is 90.1 Å². The maximum atomic E-state index is 11.7. The van der Waals surface area contributed by atoms with Crippen LogP contribution in [0.1, 0.15) is 31.7 Å². The molecule has 1 saturated carbocycles. The normalized spacial score (nSPS) is 15.0. The molecule has 0 aromatic carbocycles. The van der Waals surface area contributed by atoms with E-state index in [1.807, 2.05) is 30.2 Å². The number of aromatic nitrogens is 1. The fourth-order valence-corrected chi connectivity index (χ4v) is 1.70. The summed E-state index contributed by atoms with van der Waals surface area (Å²) in [5, 5.41) is 0. The fourth-order valence-electron chi connectivity index (χ4n) is 1.70. The molecule has 80 valence electrons. The van der Waals surface area contributed by atoms with Crippen molar-refractivity contribution in [1.82, 2.24) is 9.88 Å². The first-order valence-electron chi connectivity index (χ1n) is 5.49. The van der Waals surface area contributed by atoms with Crippen LogP contribution < -0.4 is 0 Å². The van der Waals surface area contributed by atoms with E-state index in [4.69, 9.17) is 0 Å². The Morgan fingerprint density at radius 3 is 2.93 bits per heavy atom. The number of carbonyl (C=O) groups is 1. The topological polar surface area (TPSA) is 33.2 Å². The van der Waals surface area contributed by atoms with Crippen molar-refractivity contribution in [3.63, 3.8) is 0 Å². The van der Waals surface area contributed by atoms with Crippen molar-refractivity contribution in [1.29, 1.82) is 0 Å². The van der Waals surface area contributed by atoms with Crippen LogP contribution in [-0.2, 0) is 11.3 Å². The van der Waals surface area contributed by atoms with Gasteiger partial charge in [-0.15, -0.1) is 0 Å². The van der Waals surface area contributed by atoms with E-state index in [2.05, 4.69) is 4.98 Å². The quantitative estimate of drug-likeness (QED) is 0.751. The Balaban J connectivity index is 2.04. The van der Waals surface area contributed by atoms with Crippen molar-refractivity contribution in [2.75, 3.05) is 0 Å². The van der Waals surface area contributed by atoms with Gasteiger partial charge in [0.15, 0.2) is 0 Å². The number of amides is 1. The number of nitrogens with zero attached hydrogens (tertiary/aromatic N) is 2. The number of rotatable bonds is 4. The second kappa shape index (κ2) is 4.43. The molecule has 0 bridgehead atoms. The van der Waals surface area contributed by atoms with Crippen LogP contribution >= 0.6 is 0 Å². The zero-order valence-electron chi connectivity index (χ0n) is 9.02. The Kier molecular flexibility index (Phi) is 2.99. The highest BCUT2D eigenvalue weighted by atomic mass is 16.2. The maximum Gasteiger partial charge on any atom is 0.222 e. The molecule has 1 amide bonds. The smallest absolute Gasteiger partial charge is 0.222 e. The van der Waals surface area contributed by atoms with E-state index in [0.717, 1.165) is 18.4 Å². The molecule has 1 aromatic rings. The molecule has 0 aliphatic heterocycles. The molecule has 1 aliphatic carbocycles. The lowest BCUT2D eigenvalue weighted by molar-refractivity contribution is -0.132. The summed E-state index contributed by atoms with van der Waals surface area (Å²) >= 11 is 0. The van der Waals surface area contributed by atoms with Gasteiger partial charge < -0.3 is 4.90 Å². The summed E-state index contributed by atoms with van der Waals surface area (Å²) < 4.78 is 0. The summed E-state index contributed by atoms with van der Waals surface area (Å²) in [6.07, 6.45) is 6.50. The largest absolute Gasteiger partial charge is 0.335 e. The molecule has 0 atom stereocenters. The monoisotopic (exact) mass is 204 g/mol. The highest BCUT2D eigenvalue weighted by molar-refractivity contribution is 5.76. The first kappa shape index (κ1) is 10.1. The van der Waals surface area contributed by atoms with Crippen LogP contribution in [0.3, 0.4) is 0 Å². The lowest BCUT2D eigenvalue weighted by Gasteiger charge is -2.21. The van der Waals surface area contributed by atoms with Gasteiger partial charge in [-0.3, -0.25) is 9.78 Å². The standard InChI is InChI=1S/C12H16N2O/c1-2-12(15)14(11-5-6-11)9-10-4-3-7-13-8-10/h3-4,7-8,11H,2,5-6,9H2,1H3. The molecule has 1 fully saturated rings. The van der Waals surface area contributed by atoms with Gasteiger partial charge in [-0.25, -0.2) is 0 Å². The van der Waals surface area contributed by atoms with Gasteiger partial charge in [0.1, 0.15) is 0 Å². The maximum absolute atomic E-state index is 11.7. The molecule has 2 rings (SSSR count). The zero-order chi connectivity index (χ0) is 10.7. The molecule has 3 nitrogen and oxygen atoms in total. The first-order valence-corrected chi connectivity index (χ1v) is 5.49. The summed E-state index contributed by atoms with van der Waals surface area (Å²) in [6, 6.07) is 4.42. The van der Waals surface area contributed by atoms with Gasteiger partial charge in [-0.2, -0.15) is 0 Å². The van der Waals surface area contributed by atoms with Crippen molar-refractivity contribution in [3.05, 3.63) is 30.1 Å². The third kappa shape index (κ3) is 2.55. The van der Waals surface area contributed by atoms with Crippen LogP contribution in [0.25, 0.3) is 0 Å². The van der Waals surface area contributed by atoms with Gasteiger partial charge in [0.25, 0.3) is 0 Å². The van der Waals surface area contributed by atoms with Gasteiger partial charge in [0.2, 0.25) is 5.91 Å². The summed E-state index contributed by atoms with van der Waals surface area (Å²) in [5.41, 5.74) is 1.12. The number of carbonyl (C=O) groups excluding carboxylic acids is 1. The number of hydrogen-bond donors (Lipinski definition) is 0. The van der Waals surface area contributed by atoms with Crippen LogP contribution in [0.4, 0.5) is 0 Å². The van der Waals surface area contributed by atoms with E-state index in [0.29, 0.717) is 19.0 Å². The molecule has 0 saturated heterocycles. The van der Waals surface area contributed by atoms with Crippen LogP contribution in [-0.4, -0.2) is 21.8 Å². The van der Waals surface area contributed by atoms with Crippen molar-refractivity contribution in [3.8, 4) is 0 Å². The molecule has 0 N–H and O–H groups in total. The second-order valence-electron chi connectivity index (χ2n) is 3.97. The number of pyridine rings is 1. The number of hydrogen-bond acceptors (Lipinski definition) is 2. The van der Waals surface area contributed by atoms with Crippen LogP contribution in [0.2, 0.25) is 0 Å². The lowest BCUT2D eigenvalue weighted by Crippen LogP contribution is -2.31. The van der Waals surface area contributed by atoms with Crippen LogP contribution in [0.15, 0.2) is 24.5 Å². The minimum absolute atomic E-state index is 0.251. The predicted molar refractivity (Wildman–Crippen MR) is 58.1 cm³/mol. The third-order valence-electron chi connectivity index (χ3n) is 2.69. The Bertz CT molecular complexity index is 333. The summed E-state index contributed by atoms with van der Waals surface area (Å²) in [7, 11) is 0. The molecule has 0 unspecified atom stereocenters. The predicted octanol–water partition coefficient (Wildman–Crippen LogP) is 1.98. The van der Waals surface area contributed by atoms with Crippen molar-refractivity contribution in [2.45, 2.75) is 38.8 Å². The summed E-state index contributed by atoms with van der Waals surface area (Å²) in [6.45, 7) is 2.63. The average Bonchev–Trinajstić information content (AvgIpc) is 3.10. The average molecular weight is 204 g/mol. The van der Waals surface area contributed by atoms with E-state index in [1.54, 1.807) is 6.20 Å². The van der Waals surface area contributed by atoms with Gasteiger partial charge in [-0.05, 0) is 24.5 Å². The van der Waals surface area contributed by atoms with Crippen molar-refractivity contribution >= 4 is 5.91 Å².